The Morgan fingerprint density at radius 3 is 2.84 bits per heavy atom. The van der Waals surface area contributed by atoms with E-state index in [4.69, 9.17) is 38.7 Å². The van der Waals surface area contributed by atoms with Crippen molar-refractivity contribution in [1.29, 1.82) is 0 Å². The summed E-state index contributed by atoms with van der Waals surface area (Å²) in [5.74, 6) is -0.531. The first-order valence-corrected chi connectivity index (χ1v) is 10.5. The van der Waals surface area contributed by atoms with E-state index < -0.39 is 12.1 Å². The van der Waals surface area contributed by atoms with Gasteiger partial charge in [-0.15, -0.1) is 16.8 Å². The third kappa shape index (κ3) is 3.44. The molecule has 2 aliphatic heterocycles. The highest BCUT2D eigenvalue weighted by Gasteiger charge is 2.37. The number of halogens is 2. The molecule has 0 aliphatic carbocycles. The molecule has 0 spiro atoms. The average Bonchev–Trinajstić information content (AvgIpc) is 3.06. The second-order valence-corrected chi connectivity index (χ2v) is 8.22. The molecular weight excluding hydrogens is 443 g/mol. The van der Waals surface area contributed by atoms with Crippen LogP contribution in [0.2, 0.25) is 5.02 Å². The van der Waals surface area contributed by atoms with Gasteiger partial charge in [-0.25, -0.2) is 4.84 Å². The Kier molecular flexibility index (Phi) is 5.27. The molecule has 0 bridgehead atoms. The van der Waals surface area contributed by atoms with Gasteiger partial charge in [-0.2, -0.15) is 10.4 Å². The lowest BCUT2D eigenvalue weighted by Gasteiger charge is -2.42. The van der Waals surface area contributed by atoms with Gasteiger partial charge in [0, 0.05) is 30.1 Å². The highest BCUT2D eigenvalue weighted by atomic mass is 35.5. The van der Waals surface area contributed by atoms with E-state index in [9.17, 15) is 4.79 Å². The van der Waals surface area contributed by atoms with Gasteiger partial charge >= 0.3 is 0 Å². The molecular formula is C20H20Cl2N6O3. The molecule has 5 rings (SSSR count). The van der Waals surface area contributed by atoms with Crippen LogP contribution in [0, 0.1) is 0 Å². The van der Waals surface area contributed by atoms with E-state index in [1.165, 1.54) is 5.23 Å². The Morgan fingerprint density at radius 1 is 1.23 bits per heavy atom. The van der Waals surface area contributed by atoms with E-state index >= 15 is 0 Å². The second kappa shape index (κ2) is 7.95. The molecule has 3 aromatic rings. The number of hydrogen-bond acceptors (Lipinski definition) is 7. The molecule has 2 fully saturated rings. The number of piperazine rings is 1. The SMILES string of the molecule is Cn1c(-c2cccc(N3ONC4NC(Cl)CNC4O3)c2Cl)c(C(N)=O)c2ccccc21. The Morgan fingerprint density at radius 2 is 2.03 bits per heavy atom. The summed E-state index contributed by atoms with van der Waals surface area (Å²) in [6, 6.07) is 12.9. The first-order valence-electron chi connectivity index (χ1n) is 9.64. The van der Waals surface area contributed by atoms with Crippen LogP contribution in [0.1, 0.15) is 10.4 Å². The number of rotatable bonds is 3. The summed E-state index contributed by atoms with van der Waals surface area (Å²) in [5.41, 5.74) is 11.3. The van der Waals surface area contributed by atoms with Gasteiger partial charge in [0.25, 0.3) is 5.91 Å². The van der Waals surface area contributed by atoms with E-state index in [0.717, 1.165) is 10.9 Å². The number of nitrogens with one attached hydrogen (secondary N) is 3. The fraction of sp³-hybridized carbons (Fsp3) is 0.250. The Balaban J connectivity index is 1.57. The third-order valence-electron chi connectivity index (χ3n) is 5.42. The van der Waals surface area contributed by atoms with E-state index in [1.807, 2.05) is 41.9 Å². The number of hydrogen-bond donors (Lipinski definition) is 4. The minimum absolute atomic E-state index is 0.252. The van der Waals surface area contributed by atoms with Crippen molar-refractivity contribution in [2.75, 3.05) is 11.8 Å². The maximum Gasteiger partial charge on any atom is 0.251 e. The molecule has 2 aliphatic rings. The zero-order valence-corrected chi connectivity index (χ0v) is 17.9. The number of hydroxylamine groups is 1. The number of carbonyl (C=O) groups excluding carboxylic acids is 1. The summed E-state index contributed by atoms with van der Waals surface area (Å²) >= 11 is 12.9. The van der Waals surface area contributed by atoms with Gasteiger partial charge in [-0.1, -0.05) is 41.9 Å². The number of para-hydroxylation sites is 1. The van der Waals surface area contributed by atoms with Gasteiger partial charge in [-0.05, 0) is 12.1 Å². The van der Waals surface area contributed by atoms with Gasteiger partial charge in [0.2, 0.25) is 0 Å². The predicted octanol–water partition coefficient (Wildman–Crippen LogP) is 2.20. The number of alkyl halides is 1. The van der Waals surface area contributed by atoms with Gasteiger partial charge < -0.3 is 10.3 Å². The molecule has 1 amide bonds. The maximum atomic E-state index is 12.4. The standard InChI is InChI=1S/C20H20Cl2N6O3/c1-27-12-7-3-2-5-10(12)15(18(23)29)17(27)11-6-4-8-13(16(11)22)28-30-20-19(26-31-28)25-14(21)9-24-20/h2-8,14,19-20,24-26H,9H2,1H3,(H2,23,29). The van der Waals surface area contributed by atoms with Crippen molar-refractivity contribution in [3.8, 4) is 11.3 Å². The van der Waals surface area contributed by atoms with Crippen molar-refractivity contribution in [3.05, 3.63) is 53.1 Å². The van der Waals surface area contributed by atoms with Gasteiger partial charge in [0.1, 0.15) is 11.9 Å². The molecule has 162 valence electrons. The van der Waals surface area contributed by atoms with Crippen molar-refractivity contribution in [3.63, 3.8) is 0 Å². The van der Waals surface area contributed by atoms with Gasteiger partial charge in [0.05, 0.1) is 21.8 Å². The summed E-state index contributed by atoms with van der Waals surface area (Å²) in [4.78, 5) is 23.8. The number of nitrogens with two attached hydrogens (primary N) is 1. The largest absolute Gasteiger partial charge is 0.366 e. The fourth-order valence-electron chi connectivity index (χ4n) is 4.01. The summed E-state index contributed by atoms with van der Waals surface area (Å²) in [7, 11) is 1.87. The quantitative estimate of drug-likeness (QED) is 0.349. The van der Waals surface area contributed by atoms with Crippen LogP contribution in [0.3, 0.4) is 0 Å². The lowest BCUT2D eigenvalue weighted by atomic mass is 10.0. The lowest BCUT2D eigenvalue weighted by molar-refractivity contribution is -0.244. The minimum Gasteiger partial charge on any atom is -0.366 e. The molecule has 3 atom stereocenters. The van der Waals surface area contributed by atoms with Gasteiger partial charge in [0.15, 0.2) is 6.23 Å². The number of amides is 1. The number of fused-ring (bicyclic) bond motifs is 2. The molecule has 5 N–H and O–H groups in total. The van der Waals surface area contributed by atoms with Crippen molar-refractivity contribution in [2.45, 2.75) is 17.9 Å². The summed E-state index contributed by atoms with van der Waals surface area (Å²) in [5, 5.41) is 8.59. The molecule has 1 aromatic heterocycles. The van der Waals surface area contributed by atoms with Crippen LogP contribution in [-0.2, 0) is 16.8 Å². The number of benzene rings is 2. The average molecular weight is 463 g/mol. The number of aromatic nitrogens is 1. The summed E-state index contributed by atoms with van der Waals surface area (Å²) in [6.07, 6.45) is -0.767. The van der Waals surface area contributed by atoms with E-state index in [-0.39, 0.29) is 11.7 Å². The van der Waals surface area contributed by atoms with Crippen LogP contribution in [0.15, 0.2) is 42.5 Å². The van der Waals surface area contributed by atoms with Crippen molar-refractivity contribution in [2.24, 2.45) is 12.8 Å². The van der Waals surface area contributed by atoms with E-state index in [0.29, 0.717) is 34.1 Å². The monoisotopic (exact) mass is 462 g/mol. The van der Waals surface area contributed by atoms with Crippen LogP contribution < -0.4 is 27.1 Å². The number of aryl methyl sites for hydroxylation is 1. The number of nitrogens with zero attached hydrogens (tertiary/aromatic N) is 2. The van der Waals surface area contributed by atoms with Crippen LogP contribution in [0.4, 0.5) is 5.69 Å². The number of primary amides is 1. The second-order valence-electron chi connectivity index (χ2n) is 7.32. The molecule has 3 unspecified atom stereocenters. The Labute approximate surface area is 187 Å². The first-order chi connectivity index (χ1) is 15.0. The molecule has 3 heterocycles. The molecule has 11 heteroatoms. The molecule has 9 nitrogen and oxygen atoms in total. The molecule has 2 saturated heterocycles. The van der Waals surface area contributed by atoms with Crippen LogP contribution in [-0.4, -0.2) is 34.9 Å². The zero-order chi connectivity index (χ0) is 21.7. The molecule has 2 aromatic carbocycles. The Bertz CT molecular complexity index is 1170. The number of carbonyl (C=O) groups is 1. The highest BCUT2D eigenvalue weighted by molar-refractivity contribution is 6.36. The summed E-state index contributed by atoms with van der Waals surface area (Å²) < 4.78 is 1.90. The summed E-state index contributed by atoms with van der Waals surface area (Å²) in [6.45, 7) is 0.518. The zero-order valence-electron chi connectivity index (χ0n) is 16.4. The van der Waals surface area contributed by atoms with E-state index in [1.54, 1.807) is 12.1 Å². The van der Waals surface area contributed by atoms with Crippen LogP contribution in [0.25, 0.3) is 22.2 Å². The minimum atomic E-state index is -0.531. The molecule has 31 heavy (non-hydrogen) atoms. The highest BCUT2D eigenvalue weighted by Crippen LogP contribution is 2.41. The topological polar surface area (TPSA) is 106 Å². The van der Waals surface area contributed by atoms with Crippen LogP contribution >= 0.6 is 23.2 Å². The van der Waals surface area contributed by atoms with E-state index in [2.05, 4.69) is 16.1 Å². The smallest absolute Gasteiger partial charge is 0.251 e. The lowest BCUT2D eigenvalue weighted by Crippen LogP contribution is -2.70. The van der Waals surface area contributed by atoms with Crippen molar-refractivity contribution >= 4 is 45.7 Å². The third-order valence-corrected chi connectivity index (χ3v) is 6.09. The normalized spacial score (nSPS) is 23.7. The fourth-order valence-corrected chi connectivity index (χ4v) is 4.52. The maximum absolute atomic E-state index is 12.4. The Hall–Kier alpha value is -2.37. The van der Waals surface area contributed by atoms with Crippen LogP contribution in [0.5, 0.6) is 0 Å². The predicted molar refractivity (Wildman–Crippen MR) is 118 cm³/mol. The molecule has 0 radical (unpaired) electrons. The number of anilines is 1. The van der Waals surface area contributed by atoms with Crippen molar-refractivity contribution < 1.29 is 14.6 Å². The molecule has 0 saturated carbocycles. The van der Waals surface area contributed by atoms with Crippen molar-refractivity contribution in [1.82, 2.24) is 20.7 Å². The van der Waals surface area contributed by atoms with Gasteiger partial charge in [-0.3, -0.25) is 15.4 Å². The first kappa shape index (κ1) is 20.5.